The maximum Gasteiger partial charge on any atom is 0.416 e. The van der Waals surface area contributed by atoms with Crippen molar-refractivity contribution in [2.45, 2.75) is 6.18 Å². The standard InChI is InChI=1S/C14H8Cl3F3N2/c15-10-5-11(16)13(12(17)6-10)22-21-7-8-2-1-3-9(4-8)14(18,19)20/h1-7,22H. The van der Waals surface area contributed by atoms with Crippen molar-refractivity contribution < 1.29 is 13.2 Å². The van der Waals surface area contributed by atoms with E-state index in [1.54, 1.807) is 0 Å². The number of halogens is 6. The van der Waals surface area contributed by atoms with E-state index < -0.39 is 11.7 Å². The van der Waals surface area contributed by atoms with Gasteiger partial charge in [-0.05, 0) is 29.8 Å². The number of anilines is 1. The van der Waals surface area contributed by atoms with Gasteiger partial charge >= 0.3 is 6.18 Å². The van der Waals surface area contributed by atoms with Gasteiger partial charge in [-0.15, -0.1) is 0 Å². The average Bonchev–Trinajstić information content (AvgIpc) is 2.41. The summed E-state index contributed by atoms with van der Waals surface area (Å²) in [5.74, 6) is 0. The Hall–Kier alpha value is -1.43. The van der Waals surface area contributed by atoms with E-state index in [9.17, 15) is 13.2 Å². The Morgan fingerprint density at radius 1 is 1.00 bits per heavy atom. The van der Waals surface area contributed by atoms with Gasteiger partial charge in [0.2, 0.25) is 0 Å². The second kappa shape index (κ2) is 6.77. The molecule has 0 spiro atoms. The first kappa shape index (κ1) is 16.9. The molecule has 0 heterocycles. The number of hydrazone groups is 1. The molecule has 0 unspecified atom stereocenters. The molecule has 0 saturated carbocycles. The fourth-order valence-electron chi connectivity index (χ4n) is 1.62. The molecule has 0 aliphatic rings. The third-order valence-corrected chi connectivity index (χ3v) is 3.43. The average molecular weight is 368 g/mol. The summed E-state index contributed by atoms with van der Waals surface area (Å²) in [6.07, 6.45) is -3.17. The summed E-state index contributed by atoms with van der Waals surface area (Å²) in [6.45, 7) is 0. The summed E-state index contributed by atoms with van der Waals surface area (Å²) in [4.78, 5) is 0. The number of nitrogens with zero attached hydrogens (tertiary/aromatic N) is 1. The quantitative estimate of drug-likeness (QED) is 0.513. The van der Waals surface area contributed by atoms with Crippen LogP contribution in [0.1, 0.15) is 11.1 Å². The summed E-state index contributed by atoms with van der Waals surface area (Å²) >= 11 is 17.7. The summed E-state index contributed by atoms with van der Waals surface area (Å²) in [6, 6.07) is 7.69. The van der Waals surface area contributed by atoms with E-state index in [4.69, 9.17) is 34.8 Å². The van der Waals surface area contributed by atoms with E-state index in [1.807, 2.05) is 0 Å². The predicted octanol–water partition coefficient (Wildman–Crippen LogP) is 6.11. The topological polar surface area (TPSA) is 24.4 Å². The Bertz CT molecular complexity index is 692. The smallest absolute Gasteiger partial charge is 0.275 e. The molecule has 0 radical (unpaired) electrons. The monoisotopic (exact) mass is 366 g/mol. The molecule has 8 heteroatoms. The van der Waals surface area contributed by atoms with Crippen molar-refractivity contribution in [3.05, 3.63) is 62.6 Å². The van der Waals surface area contributed by atoms with Crippen molar-refractivity contribution in [2.24, 2.45) is 5.10 Å². The van der Waals surface area contributed by atoms with E-state index in [-0.39, 0.29) is 15.6 Å². The molecule has 2 aromatic rings. The number of alkyl halides is 3. The Kier molecular flexibility index (Phi) is 5.21. The van der Waals surface area contributed by atoms with Crippen LogP contribution in [0, 0.1) is 0 Å². The molecule has 0 fully saturated rings. The molecule has 2 aromatic carbocycles. The van der Waals surface area contributed by atoms with Gasteiger partial charge in [-0.2, -0.15) is 18.3 Å². The van der Waals surface area contributed by atoms with E-state index in [0.29, 0.717) is 10.7 Å². The van der Waals surface area contributed by atoms with Crippen LogP contribution in [0.25, 0.3) is 0 Å². The molecular weight excluding hydrogens is 360 g/mol. The summed E-state index contributed by atoms with van der Waals surface area (Å²) in [7, 11) is 0. The predicted molar refractivity (Wildman–Crippen MR) is 84.1 cm³/mol. The first-order chi connectivity index (χ1) is 10.3. The van der Waals surface area contributed by atoms with Crippen molar-refractivity contribution >= 4 is 46.7 Å². The number of hydrogen-bond donors (Lipinski definition) is 1. The third kappa shape index (κ3) is 4.29. The lowest BCUT2D eigenvalue weighted by Gasteiger charge is -2.07. The van der Waals surface area contributed by atoms with Crippen molar-refractivity contribution in [2.75, 3.05) is 5.43 Å². The van der Waals surface area contributed by atoms with Crippen molar-refractivity contribution in [1.29, 1.82) is 0 Å². The lowest BCUT2D eigenvalue weighted by Crippen LogP contribution is -2.05. The lowest BCUT2D eigenvalue weighted by molar-refractivity contribution is -0.137. The van der Waals surface area contributed by atoms with Crippen LogP contribution in [0.2, 0.25) is 15.1 Å². The van der Waals surface area contributed by atoms with Crippen LogP contribution in [-0.4, -0.2) is 6.21 Å². The van der Waals surface area contributed by atoms with E-state index in [2.05, 4.69) is 10.5 Å². The number of benzene rings is 2. The van der Waals surface area contributed by atoms with Crippen molar-refractivity contribution in [3.8, 4) is 0 Å². The highest BCUT2D eigenvalue weighted by Crippen LogP contribution is 2.33. The minimum atomic E-state index is -4.40. The van der Waals surface area contributed by atoms with Crippen LogP contribution in [0.3, 0.4) is 0 Å². The minimum absolute atomic E-state index is 0.249. The van der Waals surface area contributed by atoms with Crippen molar-refractivity contribution in [3.63, 3.8) is 0 Å². The molecule has 0 aliphatic carbocycles. The van der Waals surface area contributed by atoms with Gasteiger partial charge in [0.1, 0.15) is 0 Å². The lowest BCUT2D eigenvalue weighted by atomic mass is 10.1. The van der Waals surface area contributed by atoms with E-state index in [1.165, 1.54) is 30.5 Å². The van der Waals surface area contributed by atoms with Gasteiger partial charge in [-0.3, -0.25) is 5.43 Å². The fraction of sp³-hybridized carbons (Fsp3) is 0.0714. The molecule has 0 aromatic heterocycles. The molecule has 2 nitrogen and oxygen atoms in total. The summed E-state index contributed by atoms with van der Waals surface area (Å²) in [5.41, 5.74) is 2.43. The summed E-state index contributed by atoms with van der Waals surface area (Å²) < 4.78 is 37.8. The third-order valence-electron chi connectivity index (χ3n) is 2.61. The molecule has 2 rings (SSSR count). The Morgan fingerprint density at radius 2 is 1.64 bits per heavy atom. The molecule has 116 valence electrons. The van der Waals surface area contributed by atoms with Crippen LogP contribution in [0.4, 0.5) is 18.9 Å². The highest BCUT2D eigenvalue weighted by molar-refractivity contribution is 6.41. The van der Waals surface area contributed by atoms with Crippen LogP contribution in [0.15, 0.2) is 41.5 Å². The van der Waals surface area contributed by atoms with Gasteiger partial charge in [0, 0.05) is 5.02 Å². The SMILES string of the molecule is FC(F)(F)c1cccc(C=NNc2c(Cl)cc(Cl)cc2Cl)c1. The number of hydrogen-bond acceptors (Lipinski definition) is 2. The zero-order valence-electron chi connectivity index (χ0n) is 10.8. The van der Waals surface area contributed by atoms with Crippen LogP contribution >= 0.6 is 34.8 Å². The van der Waals surface area contributed by atoms with E-state index >= 15 is 0 Å². The number of rotatable bonds is 3. The van der Waals surface area contributed by atoms with Gasteiger partial charge in [0.05, 0.1) is 27.5 Å². The maximum atomic E-state index is 12.6. The molecular formula is C14H8Cl3F3N2. The molecule has 22 heavy (non-hydrogen) atoms. The molecule has 0 saturated heterocycles. The van der Waals surface area contributed by atoms with E-state index in [0.717, 1.165) is 12.1 Å². The zero-order chi connectivity index (χ0) is 16.3. The Balaban J connectivity index is 2.17. The Labute approximate surface area is 139 Å². The molecule has 1 N–H and O–H groups in total. The van der Waals surface area contributed by atoms with Crippen LogP contribution in [-0.2, 0) is 6.18 Å². The molecule has 0 bridgehead atoms. The fourth-order valence-corrected chi connectivity index (χ4v) is 2.52. The molecule has 0 atom stereocenters. The first-order valence-corrected chi connectivity index (χ1v) is 7.01. The first-order valence-electron chi connectivity index (χ1n) is 5.88. The normalized spacial score (nSPS) is 11.9. The van der Waals surface area contributed by atoms with Gasteiger partial charge < -0.3 is 0 Å². The number of nitrogens with one attached hydrogen (secondary N) is 1. The highest BCUT2D eigenvalue weighted by Gasteiger charge is 2.30. The molecule has 0 aliphatic heterocycles. The Morgan fingerprint density at radius 3 is 2.23 bits per heavy atom. The largest absolute Gasteiger partial charge is 0.416 e. The van der Waals surface area contributed by atoms with Gasteiger partial charge in [0.25, 0.3) is 0 Å². The van der Waals surface area contributed by atoms with Gasteiger partial charge in [-0.25, -0.2) is 0 Å². The summed E-state index contributed by atoms with van der Waals surface area (Å²) in [5, 5.41) is 4.69. The highest BCUT2D eigenvalue weighted by atomic mass is 35.5. The minimum Gasteiger partial charge on any atom is -0.275 e. The zero-order valence-corrected chi connectivity index (χ0v) is 13.0. The second-order valence-electron chi connectivity index (χ2n) is 4.24. The van der Waals surface area contributed by atoms with Gasteiger partial charge in [0.15, 0.2) is 0 Å². The van der Waals surface area contributed by atoms with Crippen LogP contribution < -0.4 is 5.43 Å². The van der Waals surface area contributed by atoms with Gasteiger partial charge in [-0.1, -0.05) is 46.9 Å². The van der Waals surface area contributed by atoms with Crippen LogP contribution in [0.5, 0.6) is 0 Å². The maximum absolute atomic E-state index is 12.6. The molecule has 0 amide bonds. The second-order valence-corrected chi connectivity index (χ2v) is 5.49. The van der Waals surface area contributed by atoms with Crippen molar-refractivity contribution in [1.82, 2.24) is 0 Å².